The molecule has 0 bridgehead atoms. The van der Waals surface area contributed by atoms with Gasteiger partial charge in [0.1, 0.15) is 5.82 Å². The van der Waals surface area contributed by atoms with Crippen LogP contribution in [0.3, 0.4) is 0 Å². The first-order chi connectivity index (χ1) is 8.77. The van der Waals surface area contributed by atoms with E-state index in [1.54, 1.807) is 0 Å². The van der Waals surface area contributed by atoms with Crippen LogP contribution in [0.2, 0.25) is 0 Å². The van der Waals surface area contributed by atoms with Crippen LogP contribution >= 0.6 is 26.6 Å². The molecular weight excluding hydrogens is 363 g/mol. The molecule has 0 aliphatic carbocycles. The summed E-state index contributed by atoms with van der Waals surface area (Å²) in [6.07, 6.45) is 1.46. The van der Waals surface area contributed by atoms with Crippen LogP contribution < -0.4 is 0 Å². The van der Waals surface area contributed by atoms with Gasteiger partial charge in [0.15, 0.2) is 0 Å². The van der Waals surface area contributed by atoms with E-state index in [9.17, 15) is 17.6 Å². The third kappa shape index (κ3) is 4.43. The molecule has 0 N–H and O–H groups in total. The number of rotatable bonds is 5. The summed E-state index contributed by atoms with van der Waals surface area (Å²) in [7, 11) is 1.11. The Bertz CT molecular complexity index is 589. The second-order valence-electron chi connectivity index (χ2n) is 3.69. The number of hydrogen-bond acceptors (Lipinski definition) is 4. The maximum Gasteiger partial charge on any atom is 0.341 e. The molecule has 1 aromatic carbocycles. The SMILES string of the molecule is CCCCOC(=O)c1cc(S(=O)(=O)Cl)c(Br)cc1F. The monoisotopic (exact) mass is 372 g/mol. The molecule has 0 atom stereocenters. The number of ether oxygens (including phenoxy) is 1. The Morgan fingerprint density at radius 3 is 2.63 bits per heavy atom. The van der Waals surface area contributed by atoms with Crippen molar-refractivity contribution in [3.63, 3.8) is 0 Å². The van der Waals surface area contributed by atoms with E-state index in [2.05, 4.69) is 15.9 Å². The number of hydrogen-bond donors (Lipinski definition) is 0. The topological polar surface area (TPSA) is 60.4 Å². The van der Waals surface area contributed by atoms with Gasteiger partial charge in [-0.25, -0.2) is 17.6 Å². The van der Waals surface area contributed by atoms with E-state index < -0.39 is 26.4 Å². The van der Waals surface area contributed by atoms with E-state index in [0.717, 1.165) is 18.6 Å². The molecule has 8 heteroatoms. The number of carbonyl (C=O) groups is 1. The molecule has 0 aliphatic rings. The van der Waals surface area contributed by atoms with Crippen LogP contribution in [0, 0.1) is 5.82 Å². The molecule has 19 heavy (non-hydrogen) atoms. The Labute approximate surface area is 123 Å². The molecule has 0 aliphatic heterocycles. The van der Waals surface area contributed by atoms with Crippen LogP contribution in [-0.2, 0) is 13.8 Å². The number of unbranched alkanes of at least 4 members (excludes halogenated alkanes) is 1. The normalized spacial score (nSPS) is 11.4. The maximum atomic E-state index is 13.6. The lowest BCUT2D eigenvalue weighted by atomic mass is 10.2. The summed E-state index contributed by atoms with van der Waals surface area (Å²) in [6.45, 7) is 2.06. The summed E-state index contributed by atoms with van der Waals surface area (Å²) in [5.74, 6) is -1.79. The van der Waals surface area contributed by atoms with E-state index in [1.165, 1.54) is 0 Å². The number of halogens is 3. The van der Waals surface area contributed by atoms with Gasteiger partial charge in [-0.15, -0.1) is 0 Å². The summed E-state index contributed by atoms with van der Waals surface area (Å²) in [4.78, 5) is 11.2. The molecule has 0 heterocycles. The highest BCUT2D eigenvalue weighted by molar-refractivity contribution is 9.10. The predicted molar refractivity (Wildman–Crippen MR) is 72.3 cm³/mol. The minimum Gasteiger partial charge on any atom is -0.462 e. The number of benzene rings is 1. The summed E-state index contributed by atoms with van der Waals surface area (Å²) in [5, 5.41) is 0. The summed E-state index contributed by atoms with van der Waals surface area (Å²) in [6, 6.07) is 1.72. The van der Waals surface area contributed by atoms with Crippen molar-refractivity contribution in [2.75, 3.05) is 6.61 Å². The van der Waals surface area contributed by atoms with Crippen LogP contribution in [0.5, 0.6) is 0 Å². The van der Waals surface area contributed by atoms with Gasteiger partial charge in [-0.1, -0.05) is 13.3 Å². The average Bonchev–Trinajstić information content (AvgIpc) is 2.27. The predicted octanol–water partition coefficient (Wildman–Crippen LogP) is 3.47. The van der Waals surface area contributed by atoms with Crippen molar-refractivity contribution in [3.8, 4) is 0 Å². The molecule has 0 unspecified atom stereocenters. The molecule has 106 valence electrons. The van der Waals surface area contributed by atoms with E-state index in [-0.39, 0.29) is 16.0 Å². The number of carbonyl (C=O) groups excluding carboxylic acids is 1. The van der Waals surface area contributed by atoms with Crippen LogP contribution in [0.25, 0.3) is 0 Å². The third-order valence-corrected chi connectivity index (χ3v) is 4.52. The first kappa shape index (κ1) is 16.4. The van der Waals surface area contributed by atoms with Gasteiger partial charge in [0, 0.05) is 15.2 Å². The van der Waals surface area contributed by atoms with Gasteiger partial charge in [-0.2, -0.15) is 0 Å². The Morgan fingerprint density at radius 2 is 2.11 bits per heavy atom. The molecule has 0 radical (unpaired) electrons. The van der Waals surface area contributed by atoms with Gasteiger partial charge in [0.05, 0.1) is 17.1 Å². The smallest absolute Gasteiger partial charge is 0.341 e. The summed E-state index contributed by atoms with van der Waals surface area (Å²) >= 11 is 2.87. The van der Waals surface area contributed by atoms with Gasteiger partial charge < -0.3 is 4.74 Å². The maximum absolute atomic E-state index is 13.6. The lowest BCUT2D eigenvalue weighted by molar-refractivity contribution is 0.0494. The standard InChI is InChI=1S/C11H11BrClFO4S/c1-2-3-4-18-11(15)7-5-10(19(13,16)17)8(12)6-9(7)14/h5-6H,2-4H2,1H3. The van der Waals surface area contributed by atoms with Gasteiger partial charge in [-0.3, -0.25) is 0 Å². The molecule has 0 aromatic heterocycles. The van der Waals surface area contributed by atoms with E-state index in [4.69, 9.17) is 15.4 Å². The van der Waals surface area contributed by atoms with E-state index in [1.807, 2.05) is 6.92 Å². The van der Waals surface area contributed by atoms with Crippen molar-refractivity contribution in [3.05, 3.63) is 28.0 Å². The molecule has 1 aromatic rings. The minimum atomic E-state index is -4.08. The van der Waals surface area contributed by atoms with Crippen molar-refractivity contribution < 1.29 is 22.3 Å². The van der Waals surface area contributed by atoms with Gasteiger partial charge in [0.2, 0.25) is 0 Å². The van der Waals surface area contributed by atoms with Crippen molar-refractivity contribution in [2.45, 2.75) is 24.7 Å². The first-order valence-electron chi connectivity index (χ1n) is 5.38. The lowest BCUT2D eigenvalue weighted by Gasteiger charge is -2.07. The molecule has 4 nitrogen and oxygen atoms in total. The Balaban J connectivity index is 3.11. The molecule has 0 amide bonds. The Hall–Kier alpha value is -0.660. The fourth-order valence-corrected chi connectivity index (χ4v) is 3.43. The molecule has 1 rings (SSSR count). The van der Waals surface area contributed by atoms with Gasteiger partial charge in [0.25, 0.3) is 9.05 Å². The molecule has 0 spiro atoms. The van der Waals surface area contributed by atoms with Crippen molar-refractivity contribution in [1.29, 1.82) is 0 Å². The second kappa shape index (κ2) is 6.67. The minimum absolute atomic E-state index is 0.0508. The zero-order valence-corrected chi connectivity index (χ0v) is 13.1. The summed E-state index contributed by atoms with van der Waals surface area (Å²) < 4.78 is 40.9. The molecule has 0 saturated carbocycles. The number of esters is 1. The van der Waals surface area contributed by atoms with E-state index in [0.29, 0.717) is 6.42 Å². The fourth-order valence-electron chi connectivity index (χ4n) is 1.26. The van der Waals surface area contributed by atoms with Crippen LogP contribution in [0.15, 0.2) is 21.5 Å². The molecule has 0 fully saturated rings. The zero-order chi connectivity index (χ0) is 14.6. The highest BCUT2D eigenvalue weighted by Crippen LogP contribution is 2.28. The van der Waals surface area contributed by atoms with Crippen molar-refractivity contribution in [1.82, 2.24) is 0 Å². The Morgan fingerprint density at radius 1 is 1.47 bits per heavy atom. The Kier molecular flexibility index (Phi) is 5.76. The van der Waals surface area contributed by atoms with Crippen LogP contribution in [0.4, 0.5) is 4.39 Å². The summed E-state index contributed by atoms with van der Waals surface area (Å²) in [5.41, 5.74) is -0.460. The quantitative estimate of drug-likeness (QED) is 0.450. The highest BCUT2D eigenvalue weighted by Gasteiger charge is 2.22. The van der Waals surface area contributed by atoms with Gasteiger partial charge >= 0.3 is 5.97 Å². The van der Waals surface area contributed by atoms with Crippen LogP contribution in [0.1, 0.15) is 30.1 Å². The third-order valence-electron chi connectivity index (χ3n) is 2.24. The van der Waals surface area contributed by atoms with E-state index >= 15 is 0 Å². The fraction of sp³-hybridized carbons (Fsp3) is 0.364. The molecular formula is C11H11BrClFO4S. The van der Waals surface area contributed by atoms with Crippen molar-refractivity contribution in [2.24, 2.45) is 0 Å². The lowest BCUT2D eigenvalue weighted by Crippen LogP contribution is -2.10. The molecule has 0 saturated heterocycles. The first-order valence-corrected chi connectivity index (χ1v) is 8.48. The second-order valence-corrected chi connectivity index (χ2v) is 7.08. The zero-order valence-electron chi connectivity index (χ0n) is 9.95. The average molecular weight is 374 g/mol. The highest BCUT2D eigenvalue weighted by atomic mass is 79.9. The van der Waals surface area contributed by atoms with Gasteiger partial charge in [-0.05, 0) is 34.5 Å². The van der Waals surface area contributed by atoms with Crippen molar-refractivity contribution >= 4 is 41.6 Å². The largest absolute Gasteiger partial charge is 0.462 e. The van der Waals surface area contributed by atoms with Crippen LogP contribution in [-0.4, -0.2) is 21.0 Å².